The molecule has 1 fully saturated rings. The number of β-lactam (4-membered cyclic amide) rings is 1. The minimum Gasteiger partial charge on any atom is -0.497 e. The Morgan fingerprint density at radius 2 is 1.67 bits per heavy atom. The molecule has 176 valence electrons. The van der Waals surface area contributed by atoms with Gasteiger partial charge in [0.2, 0.25) is 11.8 Å². The first-order valence-electron chi connectivity index (χ1n) is 10.8. The van der Waals surface area contributed by atoms with Crippen LogP contribution in [-0.4, -0.2) is 47.7 Å². The number of rotatable bonds is 7. The molecule has 8 nitrogen and oxygen atoms in total. The lowest BCUT2D eigenvalue weighted by Gasteiger charge is -2.47. The Bertz CT molecular complexity index is 1000. The normalized spacial score (nSPS) is 19.8. The second-order valence-corrected chi connectivity index (χ2v) is 9.00. The molecule has 2 aromatic rings. The first-order chi connectivity index (χ1) is 15.5. The highest BCUT2D eigenvalue weighted by Crippen LogP contribution is 2.37. The first-order valence-corrected chi connectivity index (χ1v) is 10.8. The lowest BCUT2D eigenvalue weighted by atomic mass is 9.81. The van der Waals surface area contributed by atoms with Gasteiger partial charge in [0.1, 0.15) is 29.4 Å². The fourth-order valence-corrected chi connectivity index (χ4v) is 3.75. The molecule has 2 aromatic carbocycles. The van der Waals surface area contributed by atoms with Crippen LogP contribution in [0.25, 0.3) is 0 Å². The number of carbonyl (C=O) groups is 3. The maximum atomic E-state index is 13.0. The molecule has 1 aliphatic heterocycles. The quantitative estimate of drug-likeness (QED) is 0.492. The summed E-state index contributed by atoms with van der Waals surface area (Å²) in [5.41, 5.74) is 0.487. The van der Waals surface area contributed by atoms with Gasteiger partial charge in [-0.05, 0) is 57.5 Å². The molecule has 8 heteroatoms. The van der Waals surface area contributed by atoms with Gasteiger partial charge in [0.25, 0.3) is 0 Å². The molecule has 0 aromatic heterocycles. The molecule has 0 spiro atoms. The van der Waals surface area contributed by atoms with Crippen LogP contribution in [-0.2, 0) is 19.1 Å². The average Bonchev–Trinajstić information content (AvgIpc) is 2.77. The van der Waals surface area contributed by atoms with Gasteiger partial charge in [0.05, 0.1) is 13.2 Å². The maximum Gasteiger partial charge on any atom is 0.330 e. The summed E-state index contributed by atoms with van der Waals surface area (Å²) in [5.74, 6) is -2.62. The second kappa shape index (κ2) is 9.62. The van der Waals surface area contributed by atoms with Crippen LogP contribution < -0.4 is 15.0 Å². The predicted molar refractivity (Wildman–Crippen MR) is 123 cm³/mol. The predicted octanol–water partition coefficient (Wildman–Crippen LogP) is 2.61. The van der Waals surface area contributed by atoms with Crippen molar-refractivity contribution < 1.29 is 29.0 Å². The molecule has 0 bridgehead atoms. The minimum absolute atomic E-state index is 0.388. The number of aliphatic hydroxyl groups excluding tert-OH is 1. The molecule has 0 radical (unpaired) electrons. The van der Waals surface area contributed by atoms with E-state index >= 15 is 0 Å². The molecule has 4 atom stereocenters. The number of benzene rings is 2. The van der Waals surface area contributed by atoms with Gasteiger partial charge in [-0.1, -0.05) is 30.3 Å². The molecule has 1 aliphatic rings. The third-order valence-electron chi connectivity index (χ3n) is 5.41. The molecule has 33 heavy (non-hydrogen) atoms. The van der Waals surface area contributed by atoms with E-state index in [1.54, 1.807) is 52.0 Å². The summed E-state index contributed by atoms with van der Waals surface area (Å²) in [5, 5.41) is 13.5. The Hall–Kier alpha value is -3.39. The summed E-state index contributed by atoms with van der Waals surface area (Å²) >= 11 is 0. The number of aliphatic hydroxyl groups is 1. The lowest BCUT2D eigenvalue weighted by Crippen LogP contribution is -2.70. The third kappa shape index (κ3) is 5.34. The van der Waals surface area contributed by atoms with E-state index in [4.69, 9.17) is 9.47 Å². The van der Waals surface area contributed by atoms with E-state index in [1.165, 1.54) is 12.0 Å². The van der Waals surface area contributed by atoms with Crippen LogP contribution in [0.5, 0.6) is 5.75 Å². The number of nitrogens with one attached hydrogen (secondary N) is 1. The van der Waals surface area contributed by atoms with Gasteiger partial charge >= 0.3 is 5.97 Å². The van der Waals surface area contributed by atoms with Crippen LogP contribution in [0.15, 0.2) is 54.6 Å². The van der Waals surface area contributed by atoms with E-state index in [9.17, 15) is 19.5 Å². The van der Waals surface area contributed by atoms with Crippen molar-refractivity contribution in [1.29, 1.82) is 0 Å². The van der Waals surface area contributed by atoms with Crippen LogP contribution in [0, 0.1) is 5.92 Å². The Labute approximate surface area is 193 Å². The summed E-state index contributed by atoms with van der Waals surface area (Å²) in [6.45, 7) is 6.91. The second-order valence-electron chi connectivity index (χ2n) is 9.00. The number of hydrogen-bond donors (Lipinski definition) is 2. The van der Waals surface area contributed by atoms with Crippen molar-refractivity contribution in [3.63, 3.8) is 0 Å². The largest absolute Gasteiger partial charge is 0.497 e. The van der Waals surface area contributed by atoms with E-state index in [0.717, 1.165) is 5.56 Å². The minimum atomic E-state index is -1.71. The topological polar surface area (TPSA) is 105 Å². The number of anilines is 1. The van der Waals surface area contributed by atoms with Crippen molar-refractivity contribution in [3.05, 3.63) is 60.2 Å². The maximum absolute atomic E-state index is 13.0. The van der Waals surface area contributed by atoms with Gasteiger partial charge < -0.3 is 19.9 Å². The number of methoxy groups -OCH3 is 1. The molecular formula is C25H30N2O6. The summed E-state index contributed by atoms with van der Waals surface area (Å²) in [6.07, 6.45) is -1.71. The molecule has 0 unspecified atom stereocenters. The molecule has 2 N–H and O–H groups in total. The Balaban J connectivity index is 1.82. The van der Waals surface area contributed by atoms with Gasteiger partial charge in [-0.3, -0.25) is 14.5 Å². The van der Waals surface area contributed by atoms with Crippen LogP contribution in [0.4, 0.5) is 5.69 Å². The summed E-state index contributed by atoms with van der Waals surface area (Å²) in [7, 11) is 1.52. The van der Waals surface area contributed by atoms with Crippen LogP contribution in [0.1, 0.15) is 39.3 Å². The molecule has 1 saturated heterocycles. The smallest absolute Gasteiger partial charge is 0.330 e. The van der Waals surface area contributed by atoms with Crippen molar-refractivity contribution >= 4 is 23.5 Å². The molecule has 0 saturated carbocycles. The van der Waals surface area contributed by atoms with Gasteiger partial charge in [-0.2, -0.15) is 0 Å². The number of nitrogens with zero attached hydrogens (tertiary/aromatic N) is 1. The molecule has 1 heterocycles. The van der Waals surface area contributed by atoms with Crippen molar-refractivity contribution in [2.24, 2.45) is 5.92 Å². The van der Waals surface area contributed by atoms with Gasteiger partial charge in [-0.15, -0.1) is 0 Å². The average molecular weight is 455 g/mol. The third-order valence-corrected chi connectivity index (χ3v) is 5.41. The van der Waals surface area contributed by atoms with Crippen LogP contribution >= 0.6 is 0 Å². The number of amides is 2. The summed E-state index contributed by atoms with van der Waals surface area (Å²) in [6, 6.07) is 14.3. The van der Waals surface area contributed by atoms with Gasteiger partial charge in [0, 0.05) is 5.69 Å². The van der Waals surface area contributed by atoms with E-state index in [2.05, 4.69) is 5.32 Å². The highest BCUT2D eigenvalue weighted by atomic mass is 16.6. The molecule has 0 aliphatic carbocycles. The van der Waals surface area contributed by atoms with Gasteiger partial charge in [-0.25, -0.2) is 4.79 Å². The molecular weight excluding hydrogens is 424 g/mol. The first kappa shape index (κ1) is 24.3. The standard InChI is InChI=1S/C25H30N2O6/c1-15(16-9-7-6-8-10-16)26-22(29)21(28)19-20(24(31)33-25(2,3)4)27(23(19)30)17-11-13-18(32-5)14-12-17/h6-15,19-21,28H,1-5H3,(H,26,29)/t15-,19-,20-,21-/m0/s1. The van der Waals surface area contributed by atoms with E-state index < -0.39 is 41.4 Å². The van der Waals surface area contributed by atoms with E-state index in [-0.39, 0.29) is 6.04 Å². The number of esters is 1. The highest BCUT2D eigenvalue weighted by Gasteiger charge is 2.58. The zero-order chi connectivity index (χ0) is 24.3. The van der Waals surface area contributed by atoms with Crippen molar-refractivity contribution in [2.45, 2.75) is 51.5 Å². The Morgan fingerprint density at radius 3 is 2.21 bits per heavy atom. The zero-order valence-electron chi connectivity index (χ0n) is 19.4. The van der Waals surface area contributed by atoms with E-state index in [1.807, 2.05) is 30.3 Å². The Morgan fingerprint density at radius 1 is 1.06 bits per heavy atom. The fourth-order valence-electron chi connectivity index (χ4n) is 3.75. The SMILES string of the molecule is COc1ccc(N2C(=O)[C@H]([C@H](O)C(=O)N[C@@H](C)c3ccccc3)[C@H]2C(=O)OC(C)(C)C)cc1. The zero-order valence-corrected chi connectivity index (χ0v) is 19.4. The lowest BCUT2D eigenvalue weighted by molar-refractivity contribution is -0.168. The monoisotopic (exact) mass is 454 g/mol. The number of ether oxygens (including phenoxy) is 2. The van der Waals surface area contributed by atoms with Gasteiger partial charge in [0.15, 0.2) is 0 Å². The van der Waals surface area contributed by atoms with Crippen LogP contribution in [0.3, 0.4) is 0 Å². The number of carbonyl (C=O) groups excluding carboxylic acids is 3. The highest BCUT2D eigenvalue weighted by molar-refractivity contribution is 6.13. The van der Waals surface area contributed by atoms with Crippen molar-refractivity contribution in [1.82, 2.24) is 5.32 Å². The van der Waals surface area contributed by atoms with Crippen molar-refractivity contribution in [3.8, 4) is 5.75 Å². The molecule has 2 amide bonds. The fraction of sp³-hybridized carbons (Fsp3) is 0.400. The number of hydrogen-bond acceptors (Lipinski definition) is 6. The Kier molecular flexibility index (Phi) is 7.07. The van der Waals surface area contributed by atoms with Crippen LogP contribution in [0.2, 0.25) is 0 Å². The molecule has 3 rings (SSSR count). The summed E-state index contributed by atoms with van der Waals surface area (Å²) < 4.78 is 10.6. The summed E-state index contributed by atoms with van der Waals surface area (Å²) in [4.78, 5) is 40.1. The van der Waals surface area contributed by atoms with E-state index in [0.29, 0.717) is 11.4 Å². The van der Waals surface area contributed by atoms with Crippen molar-refractivity contribution in [2.75, 3.05) is 12.0 Å².